The van der Waals surface area contributed by atoms with Gasteiger partial charge in [-0.25, -0.2) is 0 Å². The minimum Gasteiger partial charge on any atom is -0.457 e. The van der Waals surface area contributed by atoms with Gasteiger partial charge in [0.25, 0.3) is 0 Å². The number of benzene rings is 2. The van der Waals surface area contributed by atoms with Crippen LogP contribution in [0.5, 0.6) is 11.5 Å². The van der Waals surface area contributed by atoms with E-state index in [2.05, 4.69) is 39.3 Å². The molecule has 33 heavy (non-hydrogen) atoms. The highest BCUT2D eigenvalue weighted by atomic mass is 28.4. The van der Waals surface area contributed by atoms with Crippen LogP contribution in [0, 0.1) is 0 Å². The van der Waals surface area contributed by atoms with Gasteiger partial charge in [0.1, 0.15) is 22.7 Å². The van der Waals surface area contributed by atoms with Gasteiger partial charge in [0.15, 0.2) is 28.7 Å². The van der Waals surface area contributed by atoms with E-state index in [1.54, 1.807) is 24.3 Å². The van der Waals surface area contributed by atoms with Gasteiger partial charge < -0.3 is 18.4 Å². The van der Waals surface area contributed by atoms with Crippen LogP contribution in [0.25, 0.3) is 0 Å². The van der Waals surface area contributed by atoms with Gasteiger partial charge in [0.05, 0.1) is 0 Å². The molecule has 0 aliphatic rings. The van der Waals surface area contributed by atoms with Gasteiger partial charge in [0.2, 0.25) is 0 Å². The van der Waals surface area contributed by atoms with Gasteiger partial charge in [-0.2, -0.15) is 0 Å². The molecule has 0 N–H and O–H groups in total. The van der Waals surface area contributed by atoms with E-state index in [1.165, 1.54) is 0 Å². The highest BCUT2D eigenvalue weighted by Gasteiger charge is 2.34. The van der Waals surface area contributed by atoms with Gasteiger partial charge in [-0.1, -0.05) is 12.1 Å². The van der Waals surface area contributed by atoms with Gasteiger partial charge in [-0.3, -0.25) is 4.79 Å². The molecule has 0 heterocycles. The van der Waals surface area contributed by atoms with Crippen LogP contribution in [-0.2, 0) is 20.1 Å². The molecule has 2 aromatic rings. The Morgan fingerprint density at radius 1 is 0.788 bits per heavy atom. The normalized spacial score (nSPS) is 14.5. The fourth-order valence-electron chi connectivity index (χ4n) is 3.85. The maximum atomic E-state index is 12.9. The average molecular weight is 487 g/mol. The van der Waals surface area contributed by atoms with E-state index in [1.807, 2.05) is 45.0 Å². The van der Waals surface area contributed by atoms with Crippen LogP contribution >= 0.6 is 0 Å². The quantitative estimate of drug-likeness (QED) is 0.202. The molecule has 0 aliphatic heterocycles. The smallest absolute Gasteiger partial charge is 0.192 e. The van der Waals surface area contributed by atoms with Gasteiger partial charge in [-0.15, -0.1) is 0 Å². The summed E-state index contributed by atoms with van der Waals surface area (Å²) in [6.07, 6.45) is 1.40. The maximum absolute atomic E-state index is 12.9. The van der Waals surface area contributed by atoms with Crippen molar-refractivity contribution < 1.29 is 23.2 Å². The highest BCUT2D eigenvalue weighted by molar-refractivity contribution is 6.70. The number of carbonyl (C=O) groups is 2. The van der Waals surface area contributed by atoms with Crippen molar-refractivity contribution in [3.05, 3.63) is 59.7 Å². The first-order valence-corrected chi connectivity index (χ1v) is 18.1. The topological polar surface area (TPSA) is 61.8 Å². The monoisotopic (exact) mass is 486 g/mol. The zero-order valence-corrected chi connectivity index (χ0v) is 23.4. The van der Waals surface area contributed by atoms with Crippen LogP contribution in [0.4, 0.5) is 0 Å². The number of carbonyl (C=O) groups excluding carboxylic acids is 2. The van der Waals surface area contributed by atoms with Crippen LogP contribution in [0.1, 0.15) is 36.7 Å². The van der Waals surface area contributed by atoms with Gasteiger partial charge in [-0.05, 0) is 102 Å². The Balaban J connectivity index is 2.06. The highest BCUT2D eigenvalue weighted by Crippen LogP contribution is 2.27. The molecule has 0 spiro atoms. The molecule has 5 nitrogen and oxygen atoms in total. The van der Waals surface area contributed by atoms with Crippen molar-refractivity contribution in [2.24, 2.45) is 0 Å². The van der Waals surface area contributed by atoms with Crippen LogP contribution in [0.3, 0.4) is 0 Å². The third kappa shape index (κ3) is 8.66. The number of ether oxygens (including phenoxy) is 1. The summed E-state index contributed by atoms with van der Waals surface area (Å²) in [7, 11) is -3.71. The Morgan fingerprint density at radius 2 is 1.24 bits per heavy atom. The van der Waals surface area contributed by atoms with Crippen LogP contribution in [-0.4, -0.2) is 39.9 Å². The second-order valence-electron chi connectivity index (χ2n) is 11.1. The first-order chi connectivity index (χ1) is 15.0. The minimum atomic E-state index is -1.86. The molecule has 1 unspecified atom stereocenters. The molecule has 0 saturated heterocycles. The summed E-state index contributed by atoms with van der Waals surface area (Å²) in [5, 5.41) is 0. The van der Waals surface area contributed by atoms with Crippen LogP contribution < -0.4 is 4.74 Å². The summed E-state index contributed by atoms with van der Waals surface area (Å²) in [6, 6.07) is 14.7. The van der Waals surface area contributed by atoms with Crippen LogP contribution in [0.2, 0.25) is 39.3 Å². The number of Topliss-reactive ketones (excluding diaryl/α,β-unsaturated/α-hetero) is 1. The van der Waals surface area contributed by atoms with Gasteiger partial charge in [0, 0.05) is 12.0 Å². The third-order valence-electron chi connectivity index (χ3n) is 4.73. The molecule has 0 aliphatic carbocycles. The van der Waals surface area contributed by atoms with E-state index in [0.717, 1.165) is 11.8 Å². The first kappa shape index (κ1) is 27.2. The predicted molar refractivity (Wildman–Crippen MR) is 138 cm³/mol. The number of hydrogen-bond acceptors (Lipinski definition) is 5. The molecule has 180 valence electrons. The summed E-state index contributed by atoms with van der Waals surface area (Å²) in [5.41, 5.74) is -0.0997. The zero-order chi connectivity index (χ0) is 25.1. The molecule has 7 heteroatoms. The molecular weight excluding hydrogens is 448 g/mol. The summed E-state index contributed by atoms with van der Waals surface area (Å²) >= 11 is 0. The second kappa shape index (κ2) is 10.1. The van der Waals surface area contributed by atoms with Crippen molar-refractivity contribution in [2.75, 3.05) is 0 Å². The average Bonchev–Trinajstić information content (AvgIpc) is 2.66. The predicted octanol–water partition coefficient (Wildman–Crippen LogP) is 6.64. The summed E-state index contributed by atoms with van der Waals surface area (Å²) < 4.78 is 18.1. The lowest BCUT2D eigenvalue weighted by molar-refractivity contribution is -0.120. The fourth-order valence-corrected chi connectivity index (χ4v) is 6.99. The molecule has 0 amide bonds. The largest absolute Gasteiger partial charge is 0.457 e. The summed E-state index contributed by atoms with van der Waals surface area (Å²) in [4.78, 5) is 24.6. The Morgan fingerprint density at radius 3 is 1.67 bits per heavy atom. The van der Waals surface area contributed by atoms with Crippen molar-refractivity contribution >= 4 is 28.7 Å². The van der Waals surface area contributed by atoms with E-state index in [4.69, 9.17) is 13.6 Å². The Hall–Kier alpha value is -2.07. The molecule has 0 fully saturated rings. The van der Waals surface area contributed by atoms with Crippen molar-refractivity contribution in [1.82, 2.24) is 0 Å². The standard InChI is InChI=1S/C26H38O5Si2/c1-25(2,30-32(4,5)6)24(28)21-12-16-23(17-13-21)29-22-14-10-20(11-15-22)18-26(3,19-27)31-33(7,8)9/h10-17,19H,18H2,1-9H3. The molecule has 0 aromatic heterocycles. The maximum Gasteiger partial charge on any atom is 0.192 e. The lowest BCUT2D eigenvalue weighted by Gasteiger charge is -2.31. The molecule has 0 bridgehead atoms. The lowest BCUT2D eigenvalue weighted by atomic mass is 9.97. The van der Waals surface area contributed by atoms with E-state index in [-0.39, 0.29) is 5.78 Å². The molecule has 0 saturated carbocycles. The Kier molecular flexibility index (Phi) is 8.28. The minimum absolute atomic E-state index is 0.0420. The first-order valence-electron chi connectivity index (χ1n) is 11.3. The lowest BCUT2D eigenvalue weighted by Crippen LogP contribution is -2.44. The molecule has 2 rings (SSSR count). The summed E-state index contributed by atoms with van der Waals surface area (Å²) in [6.45, 7) is 17.9. The SMILES string of the molecule is CC(C=O)(Cc1ccc(Oc2ccc(C(=O)C(C)(C)O[Si](C)(C)C)cc2)cc1)O[Si](C)(C)C. The summed E-state index contributed by atoms with van der Waals surface area (Å²) in [5.74, 6) is 1.28. The van der Waals surface area contributed by atoms with Crippen molar-refractivity contribution in [3.8, 4) is 11.5 Å². The van der Waals surface area contributed by atoms with Gasteiger partial charge >= 0.3 is 0 Å². The molecular formula is C26H38O5Si2. The van der Waals surface area contributed by atoms with E-state index in [9.17, 15) is 9.59 Å². The van der Waals surface area contributed by atoms with E-state index >= 15 is 0 Å². The van der Waals surface area contributed by atoms with E-state index < -0.39 is 27.8 Å². The third-order valence-corrected chi connectivity index (χ3v) is 6.93. The molecule has 1 atom stereocenters. The van der Waals surface area contributed by atoms with Crippen molar-refractivity contribution in [2.45, 2.75) is 77.7 Å². The Bertz CT molecular complexity index is 954. The molecule has 0 radical (unpaired) electrons. The van der Waals surface area contributed by atoms with Crippen molar-refractivity contribution in [3.63, 3.8) is 0 Å². The molecule has 2 aromatic carbocycles. The van der Waals surface area contributed by atoms with E-state index in [0.29, 0.717) is 23.5 Å². The van der Waals surface area contributed by atoms with Crippen molar-refractivity contribution in [1.29, 1.82) is 0 Å². The fraction of sp³-hybridized carbons (Fsp3) is 0.462. The van der Waals surface area contributed by atoms with Crippen LogP contribution in [0.15, 0.2) is 48.5 Å². The Labute approximate surface area is 200 Å². The number of aldehydes is 1. The number of hydrogen-bond donors (Lipinski definition) is 0. The number of rotatable bonds is 11. The number of ketones is 1. The zero-order valence-electron chi connectivity index (χ0n) is 21.4. The second-order valence-corrected chi connectivity index (χ2v) is 20.0.